The van der Waals surface area contributed by atoms with Gasteiger partial charge in [-0.3, -0.25) is 0 Å². The largest absolute Gasteiger partial charge is 0.496 e. The van der Waals surface area contributed by atoms with E-state index in [1.165, 1.54) is 13.2 Å². The van der Waals surface area contributed by atoms with Crippen LogP contribution in [0.25, 0.3) is 6.08 Å². The predicted octanol–water partition coefficient (Wildman–Crippen LogP) is 1.89. The van der Waals surface area contributed by atoms with E-state index in [-0.39, 0.29) is 0 Å². The summed E-state index contributed by atoms with van der Waals surface area (Å²) in [5.74, 6) is 0.854. The second-order valence-corrected chi connectivity index (χ2v) is 2.93. The van der Waals surface area contributed by atoms with Gasteiger partial charge in [-0.1, -0.05) is 6.07 Å². The number of carbonyl (C=O) groups is 1. The lowest BCUT2D eigenvalue weighted by molar-refractivity contribution is -0.134. The summed E-state index contributed by atoms with van der Waals surface area (Å²) in [5, 5.41) is 0. The van der Waals surface area contributed by atoms with E-state index in [2.05, 4.69) is 4.74 Å². The van der Waals surface area contributed by atoms with E-state index in [1.807, 2.05) is 6.07 Å². The fourth-order valence-electron chi connectivity index (χ4n) is 1.26. The Labute approximate surface area is 94.4 Å². The summed E-state index contributed by atoms with van der Waals surface area (Å²) in [6.45, 7) is 0. The van der Waals surface area contributed by atoms with Gasteiger partial charge in [0.2, 0.25) is 0 Å². The molecule has 0 bridgehead atoms. The molecule has 0 unspecified atom stereocenters. The SMILES string of the molecule is COC(=O)/C=C/c1c(OC)cccc1OC. The zero-order valence-corrected chi connectivity index (χ0v) is 9.52. The smallest absolute Gasteiger partial charge is 0.330 e. The van der Waals surface area contributed by atoms with Crippen LogP contribution in [0.15, 0.2) is 24.3 Å². The zero-order chi connectivity index (χ0) is 12.0. The van der Waals surface area contributed by atoms with Gasteiger partial charge in [0.05, 0.1) is 26.9 Å². The van der Waals surface area contributed by atoms with Crippen molar-refractivity contribution in [2.75, 3.05) is 21.3 Å². The molecule has 1 aromatic carbocycles. The van der Waals surface area contributed by atoms with E-state index in [9.17, 15) is 4.79 Å². The van der Waals surface area contributed by atoms with Crippen molar-refractivity contribution in [1.82, 2.24) is 0 Å². The molecule has 0 amide bonds. The van der Waals surface area contributed by atoms with Gasteiger partial charge in [-0.2, -0.15) is 0 Å². The molecule has 0 aromatic heterocycles. The van der Waals surface area contributed by atoms with Crippen LogP contribution >= 0.6 is 0 Å². The number of rotatable bonds is 4. The Balaban J connectivity index is 3.08. The van der Waals surface area contributed by atoms with Crippen LogP contribution in [-0.2, 0) is 9.53 Å². The summed E-state index contributed by atoms with van der Waals surface area (Å²) in [4.78, 5) is 11.0. The molecule has 0 aliphatic rings. The molecule has 4 nitrogen and oxygen atoms in total. The summed E-state index contributed by atoms with van der Waals surface area (Å²) in [7, 11) is 4.45. The molecule has 0 saturated heterocycles. The van der Waals surface area contributed by atoms with Gasteiger partial charge in [0, 0.05) is 6.08 Å². The normalized spacial score (nSPS) is 10.2. The highest BCUT2D eigenvalue weighted by Crippen LogP contribution is 2.29. The van der Waals surface area contributed by atoms with Crippen LogP contribution in [0.1, 0.15) is 5.56 Å². The first-order valence-electron chi connectivity index (χ1n) is 4.70. The maximum atomic E-state index is 11.0. The number of benzene rings is 1. The van der Waals surface area contributed by atoms with E-state index < -0.39 is 5.97 Å². The van der Waals surface area contributed by atoms with Gasteiger partial charge in [-0.15, -0.1) is 0 Å². The summed E-state index contributed by atoms with van der Waals surface area (Å²) in [6.07, 6.45) is 2.92. The van der Waals surface area contributed by atoms with Crippen LogP contribution in [0.3, 0.4) is 0 Å². The molecule has 0 heterocycles. The molecule has 0 spiro atoms. The summed E-state index contributed by atoms with van der Waals surface area (Å²) in [5.41, 5.74) is 0.706. The maximum Gasteiger partial charge on any atom is 0.330 e. The second-order valence-electron chi connectivity index (χ2n) is 2.93. The van der Waals surface area contributed by atoms with Gasteiger partial charge in [0.1, 0.15) is 11.5 Å². The molecule has 86 valence electrons. The highest BCUT2D eigenvalue weighted by Gasteiger charge is 2.06. The van der Waals surface area contributed by atoms with Gasteiger partial charge in [0.25, 0.3) is 0 Å². The highest BCUT2D eigenvalue weighted by molar-refractivity contribution is 5.88. The van der Waals surface area contributed by atoms with Crippen LogP contribution in [0.5, 0.6) is 11.5 Å². The highest BCUT2D eigenvalue weighted by atomic mass is 16.5. The van der Waals surface area contributed by atoms with Crippen LogP contribution in [0.2, 0.25) is 0 Å². The average Bonchev–Trinajstić information content (AvgIpc) is 2.35. The molecule has 1 aromatic rings. The molecular formula is C12H14O4. The van der Waals surface area contributed by atoms with E-state index in [0.717, 1.165) is 0 Å². The third-order valence-electron chi connectivity index (χ3n) is 2.05. The summed E-state index contributed by atoms with van der Waals surface area (Å²) in [6, 6.07) is 5.39. The Hall–Kier alpha value is -1.97. The first-order chi connectivity index (χ1) is 7.72. The third-order valence-corrected chi connectivity index (χ3v) is 2.05. The number of methoxy groups -OCH3 is 3. The van der Waals surface area contributed by atoms with Crippen molar-refractivity contribution in [1.29, 1.82) is 0 Å². The Kier molecular flexibility index (Phi) is 4.39. The maximum absolute atomic E-state index is 11.0. The van der Waals surface area contributed by atoms with Crippen LogP contribution < -0.4 is 9.47 Å². The third kappa shape index (κ3) is 2.76. The molecule has 0 fully saturated rings. The lowest BCUT2D eigenvalue weighted by Gasteiger charge is -2.09. The minimum atomic E-state index is -0.423. The van der Waals surface area contributed by atoms with Crippen LogP contribution in [-0.4, -0.2) is 27.3 Å². The number of ether oxygens (including phenoxy) is 3. The average molecular weight is 222 g/mol. The fourth-order valence-corrected chi connectivity index (χ4v) is 1.26. The van der Waals surface area contributed by atoms with Crippen LogP contribution in [0, 0.1) is 0 Å². The standard InChI is InChI=1S/C12H14O4/c1-14-10-5-4-6-11(15-2)9(10)7-8-12(13)16-3/h4-8H,1-3H3/b8-7+. The van der Waals surface area contributed by atoms with Crippen molar-refractivity contribution in [2.24, 2.45) is 0 Å². The van der Waals surface area contributed by atoms with E-state index in [0.29, 0.717) is 17.1 Å². The number of hydrogen-bond donors (Lipinski definition) is 0. The molecule has 0 N–H and O–H groups in total. The topological polar surface area (TPSA) is 44.8 Å². The van der Waals surface area contributed by atoms with E-state index in [4.69, 9.17) is 9.47 Å². The van der Waals surface area contributed by atoms with Crippen molar-refractivity contribution >= 4 is 12.0 Å². The molecule has 16 heavy (non-hydrogen) atoms. The summed E-state index contributed by atoms with van der Waals surface area (Å²) >= 11 is 0. The molecule has 0 atom stereocenters. The van der Waals surface area contributed by atoms with Crippen molar-refractivity contribution in [3.05, 3.63) is 29.8 Å². The van der Waals surface area contributed by atoms with Crippen molar-refractivity contribution < 1.29 is 19.0 Å². The van der Waals surface area contributed by atoms with Crippen molar-refractivity contribution in [3.63, 3.8) is 0 Å². The van der Waals surface area contributed by atoms with E-state index in [1.54, 1.807) is 32.4 Å². The van der Waals surface area contributed by atoms with Crippen molar-refractivity contribution in [2.45, 2.75) is 0 Å². The predicted molar refractivity (Wildman–Crippen MR) is 60.6 cm³/mol. The Morgan fingerprint density at radius 1 is 1.12 bits per heavy atom. The number of carbonyl (C=O) groups excluding carboxylic acids is 1. The minimum Gasteiger partial charge on any atom is -0.496 e. The lowest BCUT2D eigenvalue weighted by Crippen LogP contribution is -1.95. The van der Waals surface area contributed by atoms with Crippen LogP contribution in [0.4, 0.5) is 0 Å². The lowest BCUT2D eigenvalue weighted by atomic mass is 10.1. The van der Waals surface area contributed by atoms with Gasteiger partial charge in [-0.05, 0) is 18.2 Å². The van der Waals surface area contributed by atoms with E-state index >= 15 is 0 Å². The molecular weight excluding hydrogens is 208 g/mol. The van der Waals surface area contributed by atoms with Gasteiger partial charge in [-0.25, -0.2) is 4.79 Å². The Bertz CT molecular complexity index is 374. The summed E-state index contributed by atoms with van der Waals surface area (Å²) < 4.78 is 14.9. The Morgan fingerprint density at radius 3 is 2.12 bits per heavy atom. The first-order valence-corrected chi connectivity index (χ1v) is 4.70. The quantitative estimate of drug-likeness (QED) is 0.576. The molecule has 0 radical (unpaired) electrons. The monoisotopic (exact) mass is 222 g/mol. The molecule has 0 aliphatic heterocycles. The van der Waals surface area contributed by atoms with Gasteiger partial charge >= 0.3 is 5.97 Å². The molecule has 0 aliphatic carbocycles. The van der Waals surface area contributed by atoms with Gasteiger partial charge in [0.15, 0.2) is 0 Å². The molecule has 1 rings (SSSR count). The molecule has 4 heteroatoms. The first kappa shape index (κ1) is 12.1. The number of hydrogen-bond acceptors (Lipinski definition) is 4. The second kappa shape index (κ2) is 5.80. The molecule has 0 saturated carbocycles. The number of esters is 1. The van der Waals surface area contributed by atoms with Gasteiger partial charge < -0.3 is 14.2 Å². The minimum absolute atomic E-state index is 0.423. The fraction of sp³-hybridized carbons (Fsp3) is 0.250. The van der Waals surface area contributed by atoms with Crippen molar-refractivity contribution in [3.8, 4) is 11.5 Å². The zero-order valence-electron chi connectivity index (χ0n) is 9.52. The Morgan fingerprint density at radius 2 is 1.69 bits per heavy atom.